The number of piperidine rings is 1. The van der Waals surface area contributed by atoms with Gasteiger partial charge in [0.25, 0.3) is 5.91 Å². The number of carbonyl (C=O) groups is 1. The number of halogens is 3. The first-order valence-corrected chi connectivity index (χ1v) is 17.7. The number of likely N-dealkylation sites (tertiary alicyclic amines) is 1. The number of anilines is 1. The quantitative estimate of drug-likeness (QED) is 0.132. The lowest BCUT2D eigenvalue weighted by Crippen LogP contribution is -2.31. The van der Waals surface area contributed by atoms with E-state index in [4.69, 9.17) is 37.4 Å². The fraction of sp³-hybridized carbons (Fsp3) is 0.225. The molecule has 4 aromatic carbocycles. The summed E-state index contributed by atoms with van der Waals surface area (Å²) in [5.41, 5.74) is 1.15. The Hall–Kier alpha value is -5.16. The van der Waals surface area contributed by atoms with Crippen molar-refractivity contribution < 1.29 is 23.4 Å². The number of rotatable bonds is 11. The molecule has 0 aliphatic carbocycles. The molecule has 0 atom stereocenters. The van der Waals surface area contributed by atoms with Gasteiger partial charge in [-0.3, -0.25) is 14.6 Å². The van der Waals surface area contributed by atoms with Gasteiger partial charge in [0.15, 0.2) is 23.1 Å². The van der Waals surface area contributed by atoms with Gasteiger partial charge in [0, 0.05) is 52.6 Å². The SMILES string of the molecule is COc1cc2c(Oc3ccc(NC(=O)c4cn(-c5ccc(Cl)cc5Cl)c5ccccc5c4=O)cc3F)ccnc2cc1OCCCN1CCCCC1. The Labute approximate surface area is 309 Å². The molecule has 52 heavy (non-hydrogen) atoms. The van der Waals surface area contributed by atoms with Gasteiger partial charge in [0.2, 0.25) is 5.43 Å². The normalized spacial score (nSPS) is 13.3. The van der Waals surface area contributed by atoms with Crippen LogP contribution < -0.4 is 25.0 Å². The van der Waals surface area contributed by atoms with E-state index in [0.717, 1.165) is 32.1 Å². The molecule has 1 amide bonds. The lowest BCUT2D eigenvalue weighted by Gasteiger charge is -2.26. The maximum absolute atomic E-state index is 15.5. The van der Waals surface area contributed by atoms with E-state index in [1.807, 2.05) is 0 Å². The zero-order valence-electron chi connectivity index (χ0n) is 28.3. The zero-order chi connectivity index (χ0) is 36.2. The molecule has 12 heteroatoms. The number of ether oxygens (including phenoxy) is 3. The Morgan fingerprint density at radius 2 is 1.73 bits per heavy atom. The standard InChI is InChI=1S/C40H35Cl2FN4O5/c1-50-37-22-28-32(23-38(37)51-19-7-18-46-16-5-2-6-17-46)44-15-14-35(28)52-36-13-11-26(21-31(36)43)45-40(49)29-24-47(34-12-10-25(41)20-30(34)42)33-9-4-3-8-27(33)39(29)48/h3-4,8-15,20-24H,2,5-7,16-19H2,1H3,(H,45,49). The number of aromatic nitrogens is 2. The van der Waals surface area contributed by atoms with E-state index in [0.29, 0.717) is 61.4 Å². The molecule has 1 N–H and O–H groups in total. The van der Waals surface area contributed by atoms with Crippen LogP contribution in [0.1, 0.15) is 36.0 Å². The second-order valence-electron chi connectivity index (χ2n) is 12.5. The molecule has 0 unspecified atom stereocenters. The van der Waals surface area contributed by atoms with E-state index in [1.165, 1.54) is 37.6 Å². The maximum Gasteiger partial charge on any atom is 0.261 e. The molecule has 0 spiro atoms. The van der Waals surface area contributed by atoms with Crippen molar-refractivity contribution >= 4 is 56.6 Å². The molecule has 0 radical (unpaired) electrons. The summed E-state index contributed by atoms with van der Waals surface area (Å²) in [7, 11) is 1.56. The lowest BCUT2D eigenvalue weighted by molar-refractivity contribution is 0.102. The van der Waals surface area contributed by atoms with Crippen LogP contribution in [0.5, 0.6) is 23.0 Å². The van der Waals surface area contributed by atoms with Gasteiger partial charge in [-0.25, -0.2) is 4.39 Å². The van der Waals surface area contributed by atoms with Crippen molar-refractivity contribution in [2.24, 2.45) is 0 Å². The van der Waals surface area contributed by atoms with Gasteiger partial charge in [0.05, 0.1) is 35.5 Å². The molecule has 9 nitrogen and oxygen atoms in total. The summed E-state index contributed by atoms with van der Waals surface area (Å²) in [6.45, 7) is 3.80. The molecule has 1 aliphatic heterocycles. The highest BCUT2D eigenvalue weighted by Gasteiger charge is 2.19. The van der Waals surface area contributed by atoms with Crippen molar-refractivity contribution in [1.82, 2.24) is 14.5 Å². The molecule has 0 bridgehead atoms. The molecular weight excluding hydrogens is 706 g/mol. The first-order valence-electron chi connectivity index (χ1n) is 17.0. The highest BCUT2D eigenvalue weighted by molar-refractivity contribution is 6.35. The number of para-hydroxylation sites is 1. The summed E-state index contributed by atoms with van der Waals surface area (Å²) in [6.07, 6.45) is 7.68. The number of hydrogen-bond donors (Lipinski definition) is 1. The van der Waals surface area contributed by atoms with E-state index in [2.05, 4.69) is 15.2 Å². The molecule has 7 rings (SSSR count). The van der Waals surface area contributed by atoms with Gasteiger partial charge in [-0.1, -0.05) is 41.8 Å². The first kappa shape index (κ1) is 35.3. The van der Waals surface area contributed by atoms with Gasteiger partial charge in [-0.15, -0.1) is 0 Å². The minimum Gasteiger partial charge on any atom is -0.493 e. The Morgan fingerprint density at radius 3 is 2.52 bits per heavy atom. The van der Waals surface area contributed by atoms with Crippen LogP contribution in [0, 0.1) is 5.82 Å². The lowest BCUT2D eigenvalue weighted by atomic mass is 10.1. The number of methoxy groups -OCH3 is 1. The van der Waals surface area contributed by atoms with Crippen LogP contribution in [0.4, 0.5) is 10.1 Å². The molecule has 1 aliphatic rings. The number of pyridine rings is 2. The molecule has 1 saturated heterocycles. The summed E-state index contributed by atoms with van der Waals surface area (Å²) in [5, 5.41) is 4.33. The molecule has 266 valence electrons. The summed E-state index contributed by atoms with van der Waals surface area (Å²) < 4.78 is 34.9. The number of nitrogens with zero attached hydrogens (tertiary/aromatic N) is 3. The van der Waals surface area contributed by atoms with Crippen molar-refractivity contribution in [3.05, 3.63) is 123 Å². The van der Waals surface area contributed by atoms with E-state index in [9.17, 15) is 9.59 Å². The third-order valence-corrected chi connectivity index (χ3v) is 9.58. The van der Waals surface area contributed by atoms with Crippen molar-refractivity contribution in [2.75, 3.05) is 38.7 Å². The number of fused-ring (bicyclic) bond motifs is 2. The van der Waals surface area contributed by atoms with Gasteiger partial charge < -0.3 is 29.0 Å². The molecule has 0 saturated carbocycles. The summed E-state index contributed by atoms with van der Waals surface area (Å²) in [4.78, 5) is 33.9. The fourth-order valence-electron chi connectivity index (χ4n) is 6.44. The maximum atomic E-state index is 15.5. The molecular formula is C40H35Cl2FN4O5. The van der Waals surface area contributed by atoms with E-state index in [-0.39, 0.29) is 17.0 Å². The Balaban J connectivity index is 1.09. The average Bonchev–Trinajstić information content (AvgIpc) is 3.15. The summed E-state index contributed by atoms with van der Waals surface area (Å²) in [5.74, 6) is -0.0975. The number of carbonyl (C=O) groups excluding carboxylic acids is 1. The monoisotopic (exact) mass is 740 g/mol. The minimum absolute atomic E-state index is 0.0760. The van der Waals surface area contributed by atoms with Crippen molar-refractivity contribution in [3.63, 3.8) is 0 Å². The highest BCUT2D eigenvalue weighted by Crippen LogP contribution is 2.38. The molecule has 3 heterocycles. The van der Waals surface area contributed by atoms with Gasteiger partial charge in [-0.05, 0) is 86.9 Å². The number of benzene rings is 4. The number of hydrogen-bond acceptors (Lipinski definition) is 7. The third kappa shape index (κ3) is 7.55. The summed E-state index contributed by atoms with van der Waals surface area (Å²) in [6, 6.07) is 21.0. The van der Waals surface area contributed by atoms with E-state index >= 15 is 4.39 Å². The van der Waals surface area contributed by atoms with E-state index in [1.54, 1.807) is 78.5 Å². The Bertz CT molecular complexity index is 2340. The third-order valence-electron chi connectivity index (χ3n) is 9.05. The van der Waals surface area contributed by atoms with Gasteiger partial charge >= 0.3 is 0 Å². The largest absolute Gasteiger partial charge is 0.493 e. The van der Waals surface area contributed by atoms with Gasteiger partial charge in [0.1, 0.15) is 11.3 Å². The van der Waals surface area contributed by atoms with Gasteiger partial charge in [-0.2, -0.15) is 0 Å². The van der Waals surface area contributed by atoms with Crippen LogP contribution in [0.15, 0.2) is 96.1 Å². The average molecular weight is 742 g/mol. The summed E-state index contributed by atoms with van der Waals surface area (Å²) >= 11 is 12.6. The van der Waals surface area contributed by atoms with Crippen LogP contribution >= 0.6 is 23.2 Å². The van der Waals surface area contributed by atoms with Crippen LogP contribution in [0.2, 0.25) is 10.0 Å². The van der Waals surface area contributed by atoms with Crippen molar-refractivity contribution in [2.45, 2.75) is 25.7 Å². The smallest absolute Gasteiger partial charge is 0.261 e. The highest BCUT2D eigenvalue weighted by atomic mass is 35.5. The van der Waals surface area contributed by atoms with Crippen molar-refractivity contribution in [3.8, 4) is 28.7 Å². The topological polar surface area (TPSA) is 94.9 Å². The van der Waals surface area contributed by atoms with Crippen LogP contribution in [0.3, 0.4) is 0 Å². The fourth-order valence-corrected chi connectivity index (χ4v) is 6.94. The van der Waals surface area contributed by atoms with Crippen LogP contribution in [0.25, 0.3) is 27.5 Å². The second kappa shape index (κ2) is 15.6. The van der Waals surface area contributed by atoms with Crippen LogP contribution in [-0.4, -0.2) is 53.7 Å². The second-order valence-corrected chi connectivity index (χ2v) is 13.3. The predicted molar refractivity (Wildman–Crippen MR) is 203 cm³/mol. The molecule has 1 fully saturated rings. The minimum atomic E-state index is -0.729. The molecule has 6 aromatic rings. The first-order chi connectivity index (χ1) is 25.3. The zero-order valence-corrected chi connectivity index (χ0v) is 29.8. The van der Waals surface area contributed by atoms with Crippen molar-refractivity contribution in [1.29, 1.82) is 0 Å². The predicted octanol–water partition coefficient (Wildman–Crippen LogP) is 9.29. The molecule has 2 aromatic heterocycles. The Morgan fingerprint density at radius 1 is 0.904 bits per heavy atom. The number of amides is 1. The Kier molecular flexibility index (Phi) is 10.6. The number of nitrogens with one attached hydrogen (secondary N) is 1. The van der Waals surface area contributed by atoms with Crippen LogP contribution in [-0.2, 0) is 0 Å². The van der Waals surface area contributed by atoms with E-state index < -0.39 is 17.2 Å².